The zero-order valence-electron chi connectivity index (χ0n) is 47.7. The van der Waals surface area contributed by atoms with E-state index < -0.39 is 0 Å². The molecular formula is C63H102N6O. The van der Waals surface area contributed by atoms with Crippen molar-refractivity contribution in [2.45, 2.75) is 154 Å². The fraction of sp³-hybridized carbons (Fsp3) is 0.540. The molecule has 7 heteroatoms. The Balaban J connectivity index is 0.000000617. The first-order chi connectivity index (χ1) is 33.2. The second kappa shape index (κ2) is 33.9. The Hall–Kier alpha value is -4.53. The van der Waals surface area contributed by atoms with Crippen molar-refractivity contribution in [3.63, 3.8) is 0 Å². The Labute approximate surface area is 430 Å². The summed E-state index contributed by atoms with van der Waals surface area (Å²) in [6.07, 6.45) is 16.7. The lowest BCUT2D eigenvalue weighted by molar-refractivity contribution is 0.112. The SMILES string of the molecule is C=C(C)C(C(C)C)N(C)C.C=CC(C)Cc1cc(C)cc(-c2ccc3c(c2)c(CC(C)(C)CCC)c(C2=C(CC)NCC=C2)n3CC)c1.CCC.CN(C)Cc1ccc(C=O)cc1.CNCCCCN. The van der Waals surface area contributed by atoms with Gasteiger partial charge >= 0.3 is 0 Å². The van der Waals surface area contributed by atoms with Gasteiger partial charge in [0.2, 0.25) is 0 Å². The molecule has 0 saturated heterocycles. The lowest BCUT2D eigenvalue weighted by Gasteiger charge is -2.28. The van der Waals surface area contributed by atoms with Gasteiger partial charge in [0.25, 0.3) is 0 Å². The third kappa shape index (κ3) is 21.9. The van der Waals surface area contributed by atoms with E-state index in [1.165, 1.54) is 92.5 Å². The van der Waals surface area contributed by atoms with Gasteiger partial charge in [0, 0.05) is 53.4 Å². The van der Waals surface area contributed by atoms with E-state index in [0.717, 1.165) is 70.3 Å². The number of nitrogens with zero attached hydrogens (tertiary/aromatic N) is 3. The molecule has 70 heavy (non-hydrogen) atoms. The Bertz CT molecular complexity index is 2170. The van der Waals surface area contributed by atoms with Gasteiger partial charge in [0.15, 0.2) is 0 Å². The number of aldehydes is 1. The third-order valence-corrected chi connectivity index (χ3v) is 12.3. The lowest BCUT2D eigenvalue weighted by atomic mass is 9.80. The van der Waals surface area contributed by atoms with Gasteiger partial charge in [-0.2, -0.15) is 0 Å². The Morgan fingerprint density at radius 2 is 1.59 bits per heavy atom. The monoisotopic (exact) mass is 959 g/mol. The number of hydrogen-bond donors (Lipinski definition) is 3. The molecule has 0 bridgehead atoms. The summed E-state index contributed by atoms with van der Waals surface area (Å²) in [5, 5.41) is 8.13. The molecule has 0 spiro atoms. The molecule has 3 aromatic carbocycles. The molecule has 1 aliphatic heterocycles. The van der Waals surface area contributed by atoms with Crippen LogP contribution in [0, 0.1) is 24.2 Å². The number of allylic oxidation sites excluding steroid dienone is 4. The van der Waals surface area contributed by atoms with E-state index in [-0.39, 0.29) is 5.41 Å². The van der Waals surface area contributed by atoms with Crippen LogP contribution in [0.15, 0.2) is 103 Å². The minimum Gasteiger partial charge on any atom is -0.384 e. The van der Waals surface area contributed by atoms with Crippen molar-refractivity contribution in [2.24, 2.45) is 23.0 Å². The van der Waals surface area contributed by atoms with Crippen molar-refractivity contribution >= 4 is 22.8 Å². The van der Waals surface area contributed by atoms with E-state index in [2.05, 4.69) is 190 Å². The molecule has 0 saturated carbocycles. The summed E-state index contributed by atoms with van der Waals surface area (Å²) in [6, 6.07) is 22.4. The predicted octanol–water partition coefficient (Wildman–Crippen LogP) is 14.7. The summed E-state index contributed by atoms with van der Waals surface area (Å²) >= 11 is 0. The number of fused-ring (bicyclic) bond motifs is 1. The van der Waals surface area contributed by atoms with Crippen LogP contribution in [-0.2, 0) is 25.9 Å². The maximum atomic E-state index is 10.3. The third-order valence-electron chi connectivity index (χ3n) is 12.3. The number of hydrogen-bond acceptors (Lipinski definition) is 6. The second-order valence-corrected chi connectivity index (χ2v) is 21.0. The summed E-state index contributed by atoms with van der Waals surface area (Å²) in [6.45, 7) is 39.7. The van der Waals surface area contributed by atoms with Crippen LogP contribution in [0.3, 0.4) is 0 Å². The smallest absolute Gasteiger partial charge is 0.150 e. The number of nitrogens with two attached hydrogens (primary N) is 1. The molecule has 4 aromatic rings. The first kappa shape index (κ1) is 63.5. The fourth-order valence-corrected chi connectivity index (χ4v) is 9.48. The number of nitrogens with one attached hydrogen (secondary N) is 2. The molecular weight excluding hydrogens is 857 g/mol. The van der Waals surface area contributed by atoms with Crippen molar-refractivity contribution in [3.05, 3.63) is 137 Å². The quantitative estimate of drug-likeness (QED) is 0.0439. The van der Waals surface area contributed by atoms with Gasteiger partial charge in [0.1, 0.15) is 6.29 Å². The van der Waals surface area contributed by atoms with Crippen LogP contribution >= 0.6 is 0 Å². The summed E-state index contributed by atoms with van der Waals surface area (Å²) in [4.78, 5) is 14.6. The van der Waals surface area contributed by atoms with E-state index in [1.54, 1.807) is 0 Å². The van der Waals surface area contributed by atoms with Crippen molar-refractivity contribution in [1.82, 2.24) is 25.0 Å². The molecule has 0 fully saturated rings. The molecule has 7 nitrogen and oxygen atoms in total. The first-order valence-electron chi connectivity index (χ1n) is 26.6. The number of aromatic nitrogens is 1. The first-order valence-corrected chi connectivity index (χ1v) is 26.6. The molecule has 0 aliphatic carbocycles. The summed E-state index contributed by atoms with van der Waals surface area (Å²) < 4.78 is 2.56. The van der Waals surface area contributed by atoms with E-state index in [0.29, 0.717) is 17.9 Å². The molecule has 390 valence electrons. The normalized spacial score (nSPS) is 13.0. The maximum Gasteiger partial charge on any atom is 0.150 e. The van der Waals surface area contributed by atoms with Gasteiger partial charge in [-0.25, -0.2) is 0 Å². The van der Waals surface area contributed by atoms with E-state index >= 15 is 0 Å². The molecule has 1 aliphatic rings. The number of likely N-dealkylation sites (N-methyl/N-ethyl adjacent to an activating group) is 1. The second-order valence-electron chi connectivity index (χ2n) is 21.0. The van der Waals surface area contributed by atoms with E-state index in [9.17, 15) is 4.79 Å². The van der Waals surface area contributed by atoms with Gasteiger partial charge in [-0.3, -0.25) is 4.79 Å². The van der Waals surface area contributed by atoms with Crippen LogP contribution < -0.4 is 16.4 Å². The van der Waals surface area contributed by atoms with Gasteiger partial charge in [-0.1, -0.05) is 160 Å². The highest BCUT2D eigenvalue weighted by Gasteiger charge is 2.27. The zero-order valence-corrected chi connectivity index (χ0v) is 47.7. The molecule has 0 radical (unpaired) electrons. The average molecular weight is 960 g/mol. The molecule has 1 aromatic heterocycles. The van der Waals surface area contributed by atoms with E-state index in [1.807, 2.05) is 45.4 Å². The number of dihydropyridines is 1. The highest BCUT2D eigenvalue weighted by molar-refractivity contribution is 5.95. The van der Waals surface area contributed by atoms with Gasteiger partial charge in [-0.05, 0) is 165 Å². The summed E-state index contributed by atoms with van der Waals surface area (Å²) in [5.41, 5.74) is 21.0. The highest BCUT2D eigenvalue weighted by Crippen LogP contribution is 2.41. The lowest BCUT2D eigenvalue weighted by Crippen LogP contribution is -2.33. The number of carbonyl (C=O) groups is 1. The minimum absolute atomic E-state index is 0.239. The van der Waals surface area contributed by atoms with E-state index in [4.69, 9.17) is 5.73 Å². The maximum absolute atomic E-state index is 10.3. The topological polar surface area (TPSA) is 78.6 Å². The van der Waals surface area contributed by atoms with Crippen molar-refractivity contribution < 1.29 is 4.79 Å². The van der Waals surface area contributed by atoms with Crippen molar-refractivity contribution in [3.8, 4) is 11.1 Å². The van der Waals surface area contributed by atoms with Gasteiger partial charge < -0.3 is 30.7 Å². The molecule has 0 amide bonds. The zero-order chi connectivity index (χ0) is 53.0. The number of aryl methyl sites for hydroxylation is 2. The Morgan fingerprint density at radius 1 is 0.929 bits per heavy atom. The number of benzene rings is 3. The molecule has 4 N–H and O–H groups in total. The number of unbranched alkanes of at least 4 members (excludes halogenated alkanes) is 1. The Kier molecular flexibility index (Phi) is 30.8. The van der Waals surface area contributed by atoms with Crippen LogP contribution in [0.5, 0.6) is 0 Å². The van der Waals surface area contributed by atoms with Crippen LogP contribution in [0.2, 0.25) is 0 Å². The summed E-state index contributed by atoms with van der Waals surface area (Å²) in [5.74, 6) is 1.13. The van der Waals surface area contributed by atoms with Crippen molar-refractivity contribution in [2.75, 3.05) is 54.9 Å². The van der Waals surface area contributed by atoms with Crippen LogP contribution in [-0.4, -0.2) is 81.6 Å². The molecule has 5 rings (SSSR count). The molecule has 2 atom stereocenters. The minimum atomic E-state index is 0.239. The van der Waals surface area contributed by atoms with Gasteiger partial charge in [0.05, 0.1) is 5.69 Å². The fourth-order valence-electron chi connectivity index (χ4n) is 9.48. The van der Waals surface area contributed by atoms with Crippen LogP contribution in [0.25, 0.3) is 27.6 Å². The summed E-state index contributed by atoms with van der Waals surface area (Å²) in [7, 11) is 10.2. The predicted molar refractivity (Wildman–Crippen MR) is 312 cm³/mol. The van der Waals surface area contributed by atoms with Crippen LogP contribution in [0.4, 0.5) is 0 Å². The number of rotatable bonds is 21. The van der Waals surface area contributed by atoms with Gasteiger partial charge in [-0.15, -0.1) is 6.58 Å². The van der Waals surface area contributed by atoms with Crippen molar-refractivity contribution in [1.29, 1.82) is 0 Å². The molecule has 2 unspecified atom stereocenters. The van der Waals surface area contributed by atoms with Crippen LogP contribution in [0.1, 0.15) is 153 Å². The largest absolute Gasteiger partial charge is 0.384 e. The number of carbonyl (C=O) groups excluding carboxylic acids is 1. The standard InChI is InChI=1S/C36H48N2.C10H13NO.C9H19N.C5H14N2.C3H8/c1-9-17-36(7,8)24-32-31-23-28(29-21-26(6)20-27(22-29)19-25(5)10-2)15-16-34(31)38(12-4)35(32)30-14-13-18-37-33(30)11-3;1-11(2)7-9-3-5-10(8-12)6-4-9;1-7(2)9(8(3)4)10(5)6;1-7-5-3-2-4-6;1-3-2/h10,13-16,20-23,25,37H,2,9,11-12,17-19,24H2,1,3-8H3;3-6,8H,7H2,1-2H3;8-9H,1H2,2-6H3;7H,2-6H2,1H3;3H2,1-2H3. The Morgan fingerprint density at radius 3 is 2.07 bits per heavy atom. The molecule has 2 heterocycles. The highest BCUT2D eigenvalue weighted by atomic mass is 16.1. The average Bonchev–Trinajstić information content (AvgIpc) is 3.60.